The molecular weight excluding hydrogens is 611 g/mol. The van der Waals surface area contributed by atoms with Gasteiger partial charge in [-0.05, 0) is 60.7 Å². The number of alkyl halides is 3. The monoisotopic (exact) mass is 629 g/mol. The molecule has 0 spiro atoms. The van der Waals surface area contributed by atoms with Crippen molar-refractivity contribution in [2.75, 3.05) is 9.44 Å². The van der Waals surface area contributed by atoms with Crippen LogP contribution in [0.15, 0.2) is 94.0 Å². The van der Waals surface area contributed by atoms with E-state index in [0.717, 1.165) is 35.6 Å². The maximum Gasteiger partial charge on any atom is 0.416 e. The molecule has 8 nitrogen and oxygen atoms in total. The van der Waals surface area contributed by atoms with Gasteiger partial charge in [-0.2, -0.15) is 13.2 Å². The predicted molar refractivity (Wildman–Crippen MR) is 146 cm³/mol. The van der Waals surface area contributed by atoms with Gasteiger partial charge in [0.1, 0.15) is 4.21 Å². The lowest BCUT2D eigenvalue weighted by Crippen LogP contribution is -2.22. The molecule has 0 radical (unpaired) electrons. The molecule has 0 atom stereocenters. The molecule has 1 amide bonds. The van der Waals surface area contributed by atoms with E-state index in [2.05, 4.69) is 14.8 Å². The Bertz CT molecular complexity index is 1760. The average Bonchev–Trinajstić information content (AvgIpc) is 3.39. The number of carbonyl (C=O) groups excluding carboxylic acids is 1. The zero-order valence-corrected chi connectivity index (χ0v) is 23.3. The maximum absolute atomic E-state index is 13.1. The number of rotatable bonds is 9. The molecule has 0 saturated carbocycles. The number of halogens is 4. The molecular formula is C25H19ClF3N3O5S3. The molecule has 4 rings (SSSR count). The summed E-state index contributed by atoms with van der Waals surface area (Å²) in [5, 5.41) is 2.73. The lowest BCUT2D eigenvalue weighted by molar-refractivity contribution is -0.137. The molecule has 0 aliphatic rings. The van der Waals surface area contributed by atoms with E-state index in [4.69, 9.17) is 11.6 Å². The number of anilines is 2. The fraction of sp³-hybridized carbons (Fsp3) is 0.0800. The Morgan fingerprint density at radius 1 is 0.800 bits per heavy atom. The van der Waals surface area contributed by atoms with E-state index >= 15 is 0 Å². The maximum atomic E-state index is 13.1. The van der Waals surface area contributed by atoms with Gasteiger partial charge in [-0.3, -0.25) is 14.2 Å². The molecule has 1 aromatic heterocycles. The molecule has 210 valence electrons. The molecule has 4 aromatic rings. The molecule has 3 N–H and O–H groups in total. The first-order valence-electron chi connectivity index (χ1n) is 11.2. The molecule has 15 heteroatoms. The first-order valence-corrected chi connectivity index (χ1v) is 15.4. The Kier molecular flexibility index (Phi) is 8.44. The topological polar surface area (TPSA) is 121 Å². The number of carbonyl (C=O) groups is 1. The van der Waals surface area contributed by atoms with Crippen molar-refractivity contribution in [3.8, 4) is 0 Å². The van der Waals surface area contributed by atoms with Crippen LogP contribution in [0.1, 0.15) is 20.8 Å². The van der Waals surface area contributed by atoms with E-state index in [1.54, 1.807) is 30.3 Å². The second-order valence-corrected chi connectivity index (χ2v) is 13.4. The van der Waals surface area contributed by atoms with E-state index in [1.807, 2.05) is 0 Å². The van der Waals surface area contributed by atoms with Crippen LogP contribution in [-0.2, 0) is 32.8 Å². The summed E-state index contributed by atoms with van der Waals surface area (Å²) in [4.78, 5) is 12.1. The third kappa shape index (κ3) is 7.13. The molecule has 0 unspecified atom stereocenters. The zero-order chi connectivity index (χ0) is 29.1. The van der Waals surface area contributed by atoms with Gasteiger partial charge < -0.3 is 5.32 Å². The van der Waals surface area contributed by atoms with Crippen LogP contribution in [0.25, 0.3) is 0 Å². The minimum atomic E-state index is -4.77. The summed E-state index contributed by atoms with van der Waals surface area (Å²) in [6, 6.07) is 18.0. The van der Waals surface area contributed by atoms with Gasteiger partial charge in [0.25, 0.3) is 26.0 Å². The lowest BCUT2D eigenvalue weighted by atomic mass is 10.2. The standard InChI is InChI=1S/C25H19ClF3N3O5S3/c26-18-9-11-21(22(14-18)32-39(34,35)20-8-4-7-17(13-20)25(27,28)29)31-40(36,37)23-12-10-19(38-23)15-30-24(33)16-5-2-1-3-6-16/h1-14,31-32H,15H2,(H,30,33). The van der Waals surface area contributed by atoms with Gasteiger partial charge in [0, 0.05) is 15.5 Å². The number of hydrogen-bond donors (Lipinski definition) is 3. The first kappa shape index (κ1) is 29.4. The van der Waals surface area contributed by atoms with Gasteiger partial charge in [0.05, 0.1) is 28.4 Å². The molecule has 40 heavy (non-hydrogen) atoms. The van der Waals surface area contributed by atoms with Crippen LogP contribution in [0.5, 0.6) is 0 Å². The van der Waals surface area contributed by atoms with Crippen molar-refractivity contribution in [2.45, 2.75) is 21.8 Å². The number of hydrogen-bond acceptors (Lipinski definition) is 6. The smallest absolute Gasteiger partial charge is 0.347 e. The van der Waals surface area contributed by atoms with E-state index in [9.17, 15) is 34.8 Å². The molecule has 0 bridgehead atoms. The highest BCUT2D eigenvalue weighted by molar-refractivity contribution is 7.94. The van der Waals surface area contributed by atoms with Gasteiger partial charge >= 0.3 is 6.18 Å². The second-order valence-electron chi connectivity index (χ2n) is 8.20. The van der Waals surface area contributed by atoms with Crippen molar-refractivity contribution in [1.29, 1.82) is 0 Å². The number of sulfonamides is 2. The molecule has 0 saturated heterocycles. The highest BCUT2D eigenvalue weighted by Crippen LogP contribution is 2.34. The molecule has 0 aliphatic carbocycles. The van der Waals surface area contributed by atoms with E-state index in [0.29, 0.717) is 16.5 Å². The van der Waals surface area contributed by atoms with Crippen LogP contribution in [0.4, 0.5) is 24.5 Å². The van der Waals surface area contributed by atoms with Gasteiger partial charge in [-0.15, -0.1) is 11.3 Å². The van der Waals surface area contributed by atoms with Crippen molar-refractivity contribution in [1.82, 2.24) is 5.32 Å². The minimum Gasteiger partial charge on any atom is -0.347 e. The molecule has 0 fully saturated rings. The Morgan fingerprint density at radius 2 is 1.50 bits per heavy atom. The minimum absolute atomic E-state index is 0.0391. The third-order valence-electron chi connectivity index (χ3n) is 5.30. The fourth-order valence-corrected chi connectivity index (χ4v) is 7.05. The van der Waals surface area contributed by atoms with Crippen molar-refractivity contribution >= 4 is 60.3 Å². The Morgan fingerprint density at radius 3 is 2.20 bits per heavy atom. The SMILES string of the molecule is O=C(NCc1ccc(S(=O)(=O)Nc2ccc(Cl)cc2NS(=O)(=O)c2cccc(C(F)(F)F)c2)s1)c1ccccc1. The van der Waals surface area contributed by atoms with Crippen molar-refractivity contribution in [3.05, 3.63) is 106 Å². The summed E-state index contributed by atoms with van der Waals surface area (Å²) in [5.74, 6) is -0.338. The van der Waals surface area contributed by atoms with Crippen LogP contribution in [0.2, 0.25) is 5.02 Å². The third-order valence-corrected chi connectivity index (χ3v) is 9.84. The summed E-state index contributed by atoms with van der Waals surface area (Å²) in [6.45, 7) is 0.0664. The Balaban J connectivity index is 1.53. The normalized spacial score (nSPS) is 12.1. The number of amides is 1. The summed E-state index contributed by atoms with van der Waals surface area (Å²) in [7, 11) is -8.81. The molecule has 0 aliphatic heterocycles. The predicted octanol–water partition coefficient (Wildman–Crippen LogP) is 5.95. The van der Waals surface area contributed by atoms with E-state index in [-0.39, 0.29) is 33.1 Å². The van der Waals surface area contributed by atoms with Crippen molar-refractivity contribution < 1.29 is 34.8 Å². The van der Waals surface area contributed by atoms with Gasteiger partial charge in [0.2, 0.25) is 0 Å². The number of benzene rings is 3. The highest BCUT2D eigenvalue weighted by atomic mass is 35.5. The van der Waals surface area contributed by atoms with Crippen LogP contribution in [0, 0.1) is 0 Å². The molecule has 1 heterocycles. The number of nitrogens with one attached hydrogen (secondary N) is 3. The van der Waals surface area contributed by atoms with Crippen LogP contribution in [0.3, 0.4) is 0 Å². The summed E-state index contributed by atoms with van der Waals surface area (Å²) >= 11 is 6.86. The summed E-state index contributed by atoms with van der Waals surface area (Å²) in [6.07, 6.45) is -4.77. The fourth-order valence-electron chi connectivity index (χ4n) is 3.38. The van der Waals surface area contributed by atoms with Crippen LogP contribution >= 0.6 is 22.9 Å². The van der Waals surface area contributed by atoms with Crippen molar-refractivity contribution in [2.24, 2.45) is 0 Å². The quantitative estimate of drug-likeness (QED) is 0.211. The van der Waals surface area contributed by atoms with Gasteiger partial charge in [0.15, 0.2) is 0 Å². The summed E-state index contributed by atoms with van der Waals surface area (Å²) < 4.78 is 95.4. The van der Waals surface area contributed by atoms with Crippen molar-refractivity contribution in [3.63, 3.8) is 0 Å². The summed E-state index contributed by atoms with van der Waals surface area (Å²) in [5.41, 5.74) is -1.25. The largest absolute Gasteiger partial charge is 0.416 e. The van der Waals surface area contributed by atoms with Crippen LogP contribution < -0.4 is 14.8 Å². The average molecular weight is 630 g/mol. The second kappa shape index (κ2) is 11.5. The Labute approximate surface area is 236 Å². The van der Waals surface area contributed by atoms with Crippen LogP contribution in [-0.4, -0.2) is 22.7 Å². The van der Waals surface area contributed by atoms with E-state index < -0.39 is 36.7 Å². The van der Waals surface area contributed by atoms with Gasteiger partial charge in [-0.1, -0.05) is 35.9 Å². The molecule has 3 aromatic carbocycles. The van der Waals surface area contributed by atoms with E-state index in [1.165, 1.54) is 24.3 Å². The lowest BCUT2D eigenvalue weighted by Gasteiger charge is -2.15. The number of thiophene rings is 1. The first-order chi connectivity index (χ1) is 18.7. The van der Waals surface area contributed by atoms with Gasteiger partial charge in [-0.25, -0.2) is 16.8 Å². The Hall–Kier alpha value is -3.59. The highest BCUT2D eigenvalue weighted by Gasteiger charge is 2.32. The zero-order valence-electron chi connectivity index (χ0n) is 20.1.